The first kappa shape index (κ1) is 15.5. The Hall–Kier alpha value is -1.92. The van der Waals surface area contributed by atoms with E-state index in [0.717, 1.165) is 16.8 Å². The Morgan fingerprint density at radius 1 is 1.14 bits per heavy atom. The van der Waals surface area contributed by atoms with Gasteiger partial charge in [0.25, 0.3) is 10.0 Å². The van der Waals surface area contributed by atoms with E-state index in [1.807, 2.05) is 33.0 Å². The molecule has 0 aliphatic heterocycles. The zero-order valence-electron chi connectivity index (χ0n) is 12.3. The predicted molar refractivity (Wildman–Crippen MR) is 83.7 cm³/mol. The summed E-state index contributed by atoms with van der Waals surface area (Å²) >= 11 is 0. The highest BCUT2D eigenvalue weighted by Gasteiger charge is 2.16. The fourth-order valence-electron chi connectivity index (χ4n) is 1.99. The van der Waals surface area contributed by atoms with Crippen LogP contribution in [0, 0.1) is 13.8 Å². The third-order valence-corrected chi connectivity index (χ3v) is 4.48. The van der Waals surface area contributed by atoms with Gasteiger partial charge in [-0.15, -0.1) is 0 Å². The van der Waals surface area contributed by atoms with Gasteiger partial charge in [-0.25, -0.2) is 13.4 Å². The van der Waals surface area contributed by atoms with E-state index in [1.54, 1.807) is 24.3 Å². The van der Waals surface area contributed by atoms with Gasteiger partial charge < -0.3 is 5.32 Å². The molecule has 0 amide bonds. The number of rotatable bonds is 5. The Kier molecular flexibility index (Phi) is 4.59. The molecule has 1 aromatic heterocycles. The number of pyridine rings is 1. The first-order chi connectivity index (χ1) is 9.92. The number of nitrogens with one attached hydrogen (secondary N) is 2. The molecule has 0 atom stereocenters. The molecule has 0 radical (unpaired) electrons. The topological polar surface area (TPSA) is 71.1 Å². The maximum absolute atomic E-state index is 12.4. The highest BCUT2D eigenvalue weighted by atomic mass is 32.2. The normalized spacial score (nSPS) is 11.4. The van der Waals surface area contributed by atoms with E-state index in [-0.39, 0.29) is 4.90 Å². The third-order valence-electron chi connectivity index (χ3n) is 3.13. The van der Waals surface area contributed by atoms with Crippen molar-refractivity contribution in [3.05, 3.63) is 53.2 Å². The second-order valence-electron chi connectivity index (χ2n) is 4.89. The van der Waals surface area contributed by atoms with Gasteiger partial charge >= 0.3 is 0 Å². The summed E-state index contributed by atoms with van der Waals surface area (Å²) in [5.41, 5.74) is 2.77. The number of nitrogens with zero attached hydrogens (tertiary/aromatic N) is 1. The summed E-state index contributed by atoms with van der Waals surface area (Å²) in [7, 11) is -1.80. The molecule has 0 fully saturated rings. The third kappa shape index (κ3) is 3.80. The second kappa shape index (κ2) is 6.24. The summed E-state index contributed by atoms with van der Waals surface area (Å²) in [4.78, 5) is 4.40. The van der Waals surface area contributed by atoms with E-state index in [4.69, 9.17) is 0 Å². The summed E-state index contributed by atoms with van der Waals surface area (Å²) < 4.78 is 27.3. The molecular formula is C15H19N3O2S. The molecule has 0 aliphatic rings. The van der Waals surface area contributed by atoms with Crippen LogP contribution < -0.4 is 10.0 Å². The Morgan fingerprint density at radius 2 is 1.90 bits per heavy atom. The van der Waals surface area contributed by atoms with Crippen LogP contribution in [-0.2, 0) is 16.6 Å². The van der Waals surface area contributed by atoms with Gasteiger partial charge in [-0.05, 0) is 56.3 Å². The van der Waals surface area contributed by atoms with Crippen molar-refractivity contribution in [1.29, 1.82) is 0 Å². The standard InChI is InChI=1S/C15H19N3O2S/c1-11-7-8-14(9-13(11)10-16-3)21(19,20)18-15-6-4-5-12(2)17-15/h4-9,16H,10H2,1-3H3,(H,17,18). The molecule has 21 heavy (non-hydrogen) atoms. The summed E-state index contributed by atoms with van der Waals surface area (Å²) in [6.07, 6.45) is 0. The monoisotopic (exact) mass is 305 g/mol. The van der Waals surface area contributed by atoms with Crippen LogP contribution in [0.5, 0.6) is 0 Å². The van der Waals surface area contributed by atoms with Crippen molar-refractivity contribution in [2.45, 2.75) is 25.3 Å². The molecule has 0 bridgehead atoms. The summed E-state index contributed by atoms with van der Waals surface area (Å²) in [6.45, 7) is 4.39. The molecule has 2 N–H and O–H groups in total. The van der Waals surface area contributed by atoms with E-state index in [9.17, 15) is 8.42 Å². The fraction of sp³-hybridized carbons (Fsp3) is 0.267. The van der Waals surface area contributed by atoms with Gasteiger partial charge in [0, 0.05) is 12.2 Å². The maximum Gasteiger partial charge on any atom is 0.263 e. The van der Waals surface area contributed by atoms with Gasteiger partial charge in [0.1, 0.15) is 5.82 Å². The molecule has 5 nitrogen and oxygen atoms in total. The Labute approximate surface area is 125 Å². The highest BCUT2D eigenvalue weighted by Crippen LogP contribution is 2.18. The van der Waals surface area contributed by atoms with E-state index in [0.29, 0.717) is 12.4 Å². The van der Waals surface area contributed by atoms with Crippen molar-refractivity contribution in [3.63, 3.8) is 0 Å². The van der Waals surface area contributed by atoms with Crippen LogP contribution in [0.2, 0.25) is 0 Å². The van der Waals surface area contributed by atoms with Crippen LogP contribution >= 0.6 is 0 Å². The number of hydrogen-bond donors (Lipinski definition) is 2. The first-order valence-corrected chi connectivity index (χ1v) is 8.11. The summed E-state index contributed by atoms with van der Waals surface area (Å²) in [5, 5.41) is 3.03. The maximum atomic E-state index is 12.4. The zero-order valence-corrected chi connectivity index (χ0v) is 13.2. The lowest BCUT2D eigenvalue weighted by Gasteiger charge is -2.11. The lowest BCUT2D eigenvalue weighted by atomic mass is 10.1. The predicted octanol–water partition coefficient (Wildman–Crippen LogP) is 2.22. The SMILES string of the molecule is CNCc1cc(S(=O)(=O)Nc2cccc(C)n2)ccc1C. The number of benzene rings is 1. The van der Waals surface area contributed by atoms with E-state index in [2.05, 4.69) is 15.0 Å². The molecule has 1 aromatic carbocycles. The zero-order chi connectivity index (χ0) is 15.5. The van der Waals surface area contributed by atoms with Crippen molar-refractivity contribution < 1.29 is 8.42 Å². The number of sulfonamides is 1. The minimum Gasteiger partial charge on any atom is -0.316 e. The molecule has 0 saturated heterocycles. The summed E-state index contributed by atoms with van der Waals surface area (Å²) in [5.74, 6) is 0.325. The van der Waals surface area contributed by atoms with Crippen molar-refractivity contribution in [2.24, 2.45) is 0 Å². The van der Waals surface area contributed by atoms with Gasteiger partial charge in [-0.1, -0.05) is 12.1 Å². The number of aryl methyl sites for hydroxylation is 2. The lowest BCUT2D eigenvalue weighted by Crippen LogP contribution is -2.15. The molecule has 0 unspecified atom stereocenters. The van der Waals surface area contributed by atoms with Crippen molar-refractivity contribution in [3.8, 4) is 0 Å². The van der Waals surface area contributed by atoms with Crippen LogP contribution in [0.3, 0.4) is 0 Å². The van der Waals surface area contributed by atoms with Gasteiger partial charge in [-0.2, -0.15) is 0 Å². The highest BCUT2D eigenvalue weighted by molar-refractivity contribution is 7.92. The van der Waals surface area contributed by atoms with Crippen LogP contribution in [0.15, 0.2) is 41.3 Å². The summed E-state index contributed by atoms with van der Waals surface area (Å²) in [6, 6.07) is 10.3. The molecule has 1 heterocycles. The lowest BCUT2D eigenvalue weighted by molar-refractivity contribution is 0.600. The van der Waals surface area contributed by atoms with Crippen LogP contribution in [-0.4, -0.2) is 20.4 Å². The van der Waals surface area contributed by atoms with E-state index < -0.39 is 10.0 Å². The number of aromatic nitrogens is 1. The van der Waals surface area contributed by atoms with Gasteiger partial charge in [0.05, 0.1) is 4.90 Å². The first-order valence-electron chi connectivity index (χ1n) is 6.63. The Balaban J connectivity index is 2.33. The minimum atomic E-state index is -3.63. The smallest absolute Gasteiger partial charge is 0.263 e. The average molecular weight is 305 g/mol. The van der Waals surface area contributed by atoms with Gasteiger partial charge in [0.15, 0.2) is 0 Å². The second-order valence-corrected chi connectivity index (χ2v) is 6.57. The van der Waals surface area contributed by atoms with Gasteiger partial charge in [-0.3, -0.25) is 4.72 Å². The number of anilines is 1. The largest absolute Gasteiger partial charge is 0.316 e. The molecule has 0 spiro atoms. The van der Waals surface area contributed by atoms with E-state index >= 15 is 0 Å². The van der Waals surface area contributed by atoms with Crippen LogP contribution in [0.4, 0.5) is 5.82 Å². The Morgan fingerprint density at radius 3 is 2.57 bits per heavy atom. The molecule has 0 aliphatic carbocycles. The minimum absolute atomic E-state index is 0.238. The van der Waals surface area contributed by atoms with E-state index in [1.165, 1.54) is 0 Å². The molecular weight excluding hydrogens is 286 g/mol. The van der Waals surface area contributed by atoms with Gasteiger partial charge in [0.2, 0.25) is 0 Å². The molecule has 2 rings (SSSR count). The van der Waals surface area contributed by atoms with Crippen molar-refractivity contribution >= 4 is 15.8 Å². The fourth-order valence-corrected chi connectivity index (χ4v) is 3.04. The molecule has 112 valence electrons. The molecule has 6 heteroatoms. The quantitative estimate of drug-likeness (QED) is 0.888. The van der Waals surface area contributed by atoms with Crippen LogP contribution in [0.25, 0.3) is 0 Å². The van der Waals surface area contributed by atoms with Crippen molar-refractivity contribution in [1.82, 2.24) is 10.3 Å². The average Bonchev–Trinajstić information content (AvgIpc) is 2.41. The molecule has 2 aromatic rings. The number of hydrogen-bond acceptors (Lipinski definition) is 4. The molecule has 0 saturated carbocycles. The van der Waals surface area contributed by atoms with Crippen LogP contribution in [0.1, 0.15) is 16.8 Å². The Bertz CT molecular complexity index is 742. The van der Waals surface area contributed by atoms with Crippen molar-refractivity contribution in [2.75, 3.05) is 11.8 Å².